The Morgan fingerprint density at radius 2 is 1.93 bits per heavy atom. The predicted octanol–water partition coefficient (Wildman–Crippen LogP) is 3.44. The average Bonchev–Trinajstić information content (AvgIpc) is 3.02. The fraction of sp³-hybridized carbons (Fsp3) is 0.474. The average molecular weight is 396 g/mol. The first kappa shape index (κ1) is 20.2. The molecule has 6 nitrogen and oxygen atoms in total. The SMILES string of the molecule is Cc1nccn1CC1CCN(CC(=O)Nc2ccc(OC(F)(F)F)cc2)CC1. The van der Waals surface area contributed by atoms with Crippen molar-refractivity contribution in [2.75, 3.05) is 25.0 Å². The van der Waals surface area contributed by atoms with Crippen LogP contribution in [-0.2, 0) is 11.3 Å². The third kappa shape index (κ3) is 5.98. The number of piperidine rings is 1. The van der Waals surface area contributed by atoms with E-state index >= 15 is 0 Å². The predicted molar refractivity (Wildman–Crippen MR) is 97.9 cm³/mol. The molecule has 3 rings (SSSR count). The van der Waals surface area contributed by atoms with E-state index < -0.39 is 6.36 Å². The zero-order valence-corrected chi connectivity index (χ0v) is 15.6. The van der Waals surface area contributed by atoms with E-state index in [0.717, 1.165) is 38.3 Å². The lowest BCUT2D eigenvalue weighted by Crippen LogP contribution is -2.40. The van der Waals surface area contributed by atoms with E-state index in [0.29, 0.717) is 11.6 Å². The summed E-state index contributed by atoms with van der Waals surface area (Å²) in [5, 5.41) is 2.70. The number of benzene rings is 1. The molecule has 0 unspecified atom stereocenters. The molecule has 0 atom stereocenters. The van der Waals surface area contributed by atoms with E-state index in [4.69, 9.17) is 0 Å². The van der Waals surface area contributed by atoms with Gasteiger partial charge in [0.05, 0.1) is 6.54 Å². The number of aromatic nitrogens is 2. The smallest absolute Gasteiger partial charge is 0.406 e. The molecule has 1 amide bonds. The normalized spacial score (nSPS) is 16.1. The lowest BCUT2D eigenvalue weighted by molar-refractivity contribution is -0.274. The van der Waals surface area contributed by atoms with Crippen LogP contribution in [0.5, 0.6) is 5.75 Å². The van der Waals surface area contributed by atoms with Crippen molar-refractivity contribution in [3.8, 4) is 5.75 Å². The van der Waals surface area contributed by atoms with Gasteiger partial charge in [-0.15, -0.1) is 13.2 Å². The number of hydrogen-bond acceptors (Lipinski definition) is 4. The molecular weight excluding hydrogens is 373 g/mol. The molecule has 1 N–H and O–H groups in total. The molecule has 1 aromatic heterocycles. The van der Waals surface area contributed by atoms with Crippen LogP contribution in [0, 0.1) is 12.8 Å². The third-order valence-electron chi connectivity index (χ3n) is 4.82. The first-order chi connectivity index (χ1) is 13.3. The Morgan fingerprint density at radius 1 is 1.25 bits per heavy atom. The number of rotatable bonds is 6. The number of hydrogen-bond donors (Lipinski definition) is 1. The minimum Gasteiger partial charge on any atom is -0.406 e. The van der Waals surface area contributed by atoms with Crippen LogP contribution in [0.25, 0.3) is 0 Å². The summed E-state index contributed by atoms with van der Waals surface area (Å²) in [5.74, 6) is 1.07. The number of carbonyl (C=O) groups excluding carboxylic acids is 1. The second-order valence-corrected chi connectivity index (χ2v) is 6.97. The number of nitrogens with zero attached hydrogens (tertiary/aromatic N) is 3. The Labute approximate surface area is 161 Å². The molecule has 9 heteroatoms. The van der Waals surface area contributed by atoms with Gasteiger partial charge in [-0.1, -0.05) is 0 Å². The minimum atomic E-state index is -4.73. The summed E-state index contributed by atoms with van der Waals surface area (Å²) in [7, 11) is 0. The van der Waals surface area contributed by atoms with E-state index in [2.05, 4.69) is 24.5 Å². The lowest BCUT2D eigenvalue weighted by atomic mass is 9.96. The molecule has 0 bridgehead atoms. The molecule has 1 aliphatic rings. The van der Waals surface area contributed by atoms with Crippen LogP contribution in [-0.4, -0.2) is 46.4 Å². The molecule has 1 saturated heterocycles. The highest BCUT2D eigenvalue weighted by molar-refractivity contribution is 5.92. The number of alkyl halides is 3. The molecule has 1 aliphatic heterocycles. The van der Waals surface area contributed by atoms with E-state index in [-0.39, 0.29) is 18.2 Å². The Bertz CT molecular complexity index is 781. The van der Waals surface area contributed by atoms with Gasteiger partial charge < -0.3 is 14.6 Å². The lowest BCUT2D eigenvalue weighted by Gasteiger charge is -2.31. The molecule has 152 valence electrons. The molecule has 0 spiro atoms. The fourth-order valence-corrected chi connectivity index (χ4v) is 3.35. The highest BCUT2D eigenvalue weighted by Crippen LogP contribution is 2.24. The van der Waals surface area contributed by atoms with Crippen LogP contribution in [0.1, 0.15) is 18.7 Å². The molecule has 2 aromatic rings. The van der Waals surface area contributed by atoms with Gasteiger partial charge in [0.1, 0.15) is 11.6 Å². The standard InChI is InChI=1S/C19H23F3N4O2/c1-14-23-8-11-26(14)12-15-6-9-25(10-7-15)13-18(27)24-16-2-4-17(5-3-16)28-19(20,21)22/h2-5,8,11,15H,6-7,9-10,12-13H2,1H3,(H,24,27). The Hall–Kier alpha value is -2.55. The highest BCUT2D eigenvalue weighted by atomic mass is 19.4. The quantitative estimate of drug-likeness (QED) is 0.813. The van der Waals surface area contributed by atoms with Crippen LogP contribution in [0.4, 0.5) is 18.9 Å². The van der Waals surface area contributed by atoms with E-state index in [1.807, 2.05) is 13.1 Å². The molecule has 2 heterocycles. The monoisotopic (exact) mass is 396 g/mol. The van der Waals surface area contributed by atoms with Crippen LogP contribution in [0.15, 0.2) is 36.7 Å². The summed E-state index contributed by atoms with van der Waals surface area (Å²) in [6.07, 6.45) is 1.08. The van der Waals surface area contributed by atoms with Gasteiger partial charge in [-0.3, -0.25) is 9.69 Å². The summed E-state index contributed by atoms with van der Waals surface area (Å²) in [4.78, 5) is 18.5. The first-order valence-corrected chi connectivity index (χ1v) is 9.14. The second kappa shape index (κ2) is 8.64. The number of ether oxygens (including phenoxy) is 1. The maximum Gasteiger partial charge on any atom is 0.573 e. The molecule has 0 saturated carbocycles. The Kier molecular flexibility index (Phi) is 6.23. The van der Waals surface area contributed by atoms with Crippen molar-refractivity contribution in [3.63, 3.8) is 0 Å². The van der Waals surface area contributed by atoms with Gasteiger partial charge in [-0.25, -0.2) is 4.98 Å². The zero-order chi connectivity index (χ0) is 20.1. The van der Waals surface area contributed by atoms with Crippen molar-refractivity contribution in [1.82, 2.24) is 14.5 Å². The van der Waals surface area contributed by atoms with Crippen molar-refractivity contribution >= 4 is 11.6 Å². The van der Waals surface area contributed by atoms with Crippen LogP contribution in [0.3, 0.4) is 0 Å². The van der Waals surface area contributed by atoms with Gasteiger partial charge in [0, 0.05) is 24.6 Å². The van der Waals surface area contributed by atoms with Crippen molar-refractivity contribution in [2.45, 2.75) is 32.7 Å². The van der Waals surface area contributed by atoms with Crippen molar-refractivity contribution < 1.29 is 22.7 Å². The summed E-state index contributed by atoms with van der Waals surface area (Å²) in [6.45, 7) is 4.87. The summed E-state index contributed by atoms with van der Waals surface area (Å²) in [5.41, 5.74) is 0.435. The maximum absolute atomic E-state index is 12.2. The molecular formula is C19H23F3N4O2. The largest absolute Gasteiger partial charge is 0.573 e. The number of nitrogens with one attached hydrogen (secondary N) is 1. The highest BCUT2D eigenvalue weighted by Gasteiger charge is 2.31. The summed E-state index contributed by atoms with van der Waals surface area (Å²) < 4.78 is 42.5. The van der Waals surface area contributed by atoms with Crippen LogP contribution >= 0.6 is 0 Å². The van der Waals surface area contributed by atoms with Crippen molar-refractivity contribution in [2.24, 2.45) is 5.92 Å². The van der Waals surface area contributed by atoms with Gasteiger partial charge in [0.25, 0.3) is 0 Å². The zero-order valence-electron chi connectivity index (χ0n) is 15.6. The third-order valence-corrected chi connectivity index (χ3v) is 4.82. The van der Waals surface area contributed by atoms with Gasteiger partial charge in [-0.05, 0) is 63.0 Å². The number of aryl methyl sites for hydroxylation is 1. The number of likely N-dealkylation sites (tertiary alicyclic amines) is 1. The van der Waals surface area contributed by atoms with Crippen LogP contribution in [0.2, 0.25) is 0 Å². The van der Waals surface area contributed by atoms with E-state index in [1.165, 1.54) is 24.3 Å². The number of amides is 1. The van der Waals surface area contributed by atoms with Gasteiger partial charge in [0.2, 0.25) is 5.91 Å². The number of carbonyl (C=O) groups is 1. The molecule has 0 aliphatic carbocycles. The summed E-state index contributed by atoms with van der Waals surface area (Å²) >= 11 is 0. The minimum absolute atomic E-state index is 0.187. The van der Waals surface area contributed by atoms with Crippen molar-refractivity contribution in [3.05, 3.63) is 42.5 Å². The second-order valence-electron chi connectivity index (χ2n) is 6.97. The molecule has 1 aromatic carbocycles. The molecule has 0 radical (unpaired) electrons. The van der Waals surface area contributed by atoms with E-state index in [1.54, 1.807) is 6.20 Å². The van der Waals surface area contributed by atoms with Crippen LogP contribution < -0.4 is 10.1 Å². The number of imidazole rings is 1. The maximum atomic E-state index is 12.2. The van der Waals surface area contributed by atoms with Crippen molar-refractivity contribution in [1.29, 1.82) is 0 Å². The Balaban J connectivity index is 1.41. The first-order valence-electron chi connectivity index (χ1n) is 9.14. The number of anilines is 1. The summed E-state index contributed by atoms with van der Waals surface area (Å²) in [6, 6.07) is 5.12. The Morgan fingerprint density at radius 3 is 2.50 bits per heavy atom. The fourth-order valence-electron chi connectivity index (χ4n) is 3.35. The van der Waals surface area contributed by atoms with Gasteiger partial charge in [-0.2, -0.15) is 0 Å². The molecule has 28 heavy (non-hydrogen) atoms. The van der Waals surface area contributed by atoms with E-state index in [9.17, 15) is 18.0 Å². The van der Waals surface area contributed by atoms with Gasteiger partial charge >= 0.3 is 6.36 Å². The molecule has 1 fully saturated rings. The topological polar surface area (TPSA) is 59.4 Å². The van der Waals surface area contributed by atoms with Gasteiger partial charge in [0.15, 0.2) is 0 Å². The number of halogens is 3.